The molecule has 6 nitrogen and oxygen atoms in total. The van der Waals surface area contributed by atoms with Crippen molar-refractivity contribution in [2.24, 2.45) is 0 Å². The lowest BCUT2D eigenvalue weighted by molar-refractivity contribution is 0.205. The molecular formula is C11H13FN4O2S. The number of pyridine rings is 1. The number of hydrogen-bond acceptors (Lipinski definition) is 5. The van der Waals surface area contributed by atoms with Gasteiger partial charge in [-0.25, -0.2) is 17.8 Å². The Balaban J connectivity index is 2.15. The van der Waals surface area contributed by atoms with Crippen LogP contribution >= 0.6 is 0 Å². The van der Waals surface area contributed by atoms with E-state index < -0.39 is 20.9 Å². The second-order valence-electron chi connectivity index (χ2n) is 4.13. The second-order valence-corrected chi connectivity index (χ2v) is 5.98. The molecule has 0 unspecified atom stereocenters. The molecule has 0 aliphatic carbocycles. The van der Waals surface area contributed by atoms with Crippen LogP contribution in [0.3, 0.4) is 0 Å². The van der Waals surface area contributed by atoms with Crippen molar-refractivity contribution >= 4 is 10.0 Å². The van der Waals surface area contributed by atoms with E-state index in [9.17, 15) is 12.8 Å². The third-order valence-corrected chi connectivity index (χ3v) is 4.77. The average Bonchev–Trinajstić information content (AvgIpc) is 2.40. The van der Waals surface area contributed by atoms with E-state index >= 15 is 0 Å². The van der Waals surface area contributed by atoms with Crippen molar-refractivity contribution in [3.63, 3.8) is 0 Å². The van der Waals surface area contributed by atoms with Crippen LogP contribution in [0, 0.1) is 17.1 Å². The number of rotatable bonds is 3. The van der Waals surface area contributed by atoms with E-state index in [4.69, 9.17) is 5.26 Å². The first-order valence-corrected chi connectivity index (χ1v) is 7.19. The number of halogens is 1. The zero-order valence-corrected chi connectivity index (χ0v) is 11.0. The van der Waals surface area contributed by atoms with Crippen molar-refractivity contribution in [3.8, 4) is 6.07 Å². The summed E-state index contributed by atoms with van der Waals surface area (Å²) in [6.07, 6.45) is 1.25. The fraction of sp³-hybridized carbons (Fsp3) is 0.455. The van der Waals surface area contributed by atoms with Crippen molar-refractivity contribution in [2.75, 3.05) is 32.7 Å². The Morgan fingerprint density at radius 2 is 2.05 bits per heavy atom. The van der Waals surface area contributed by atoms with Gasteiger partial charge in [0.2, 0.25) is 5.03 Å². The SMILES string of the molecule is N#CCN1CCN(S(=O)(=O)c2ncccc2F)CC1. The number of hydrogen-bond donors (Lipinski definition) is 0. The highest BCUT2D eigenvalue weighted by atomic mass is 32.2. The Bertz CT molecular complexity index is 591. The molecule has 1 aliphatic rings. The Morgan fingerprint density at radius 1 is 1.37 bits per heavy atom. The molecule has 0 N–H and O–H groups in total. The summed E-state index contributed by atoms with van der Waals surface area (Å²) in [7, 11) is -3.89. The Kier molecular flexibility index (Phi) is 4.09. The van der Waals surface area contributed by atoms with Crippen LogP contribution in [0.25, 0.3) is 0 Å². The predicted octanol–water partition coefficient (Wildman–Crippen LogP) is 0.0506. The van der Waals surface area contributed by atoms with Crippen LogP contribution in [-0.4, -0.2) is 55.3 Å². The highest BCUT2D eigenvalue weighted by molar-refractivity contribution is 7.89. The van der Waals surface area contributed by atoms with Gasteiger partial charge in [-0.15, -0.1) is 0 Å². The Morgan fingerprint density at radius 3 is 2.63 bits per heavy atom. The minimum absolute atomic E-state index is 0.236. The zero-order valence-electron chi connectivity index (χ0n) is 10.2. The molecule has 0 amide bonds. The summed E-state index contributed by atoms with van der Waals surface area (Å²) in [5.41, 5.74) is 0. The van der Waals surface area contributed by atoms with Gasteiger partial charge in [0.05, 0.1) is 12.6 Å². The van der Waals surface area contributed by atoms with Gasteiger partial charge in [-0.05, 0) is 12.1 Å². The minimum Gasteiger partial charge on any atom is -0.288 e. The van der Waals surface area contributed by atoms with E-state index in [1.807, 2.05) is 11.0 Å². The first-order valence-electron chi connectivity index (χ1n) is 5.75. The lowest BCUT2D eigenvalue weighted by Crippen LogP contribution is -2.48. The smallest absolute Gasteiger partial charge is 0.263 e. The van der Waals surface area contributed by atoms with E-state index in [0.717, 1.165) is 6.07 Å². The van der Waals surface area contributed by atoms with Gasteiger partial charge >= 0.3 is 0 Å². The normalized spacial score (nSPS) is 18.1. The molecular weight excluding hydrogens is 271 g/mol. The van der Waals surface area contributed by atoms with Gasteiger partial charge in [-0.2, -0.15) is 9.57 Å². The summed E-state index contributed by atoms with van der Waals surface area (Å²) >= 11 is 0. The summed E-state index contributed by atoms with van der Waals surface area (Å²) in [4.78, 5) is 5.46. The fourth-order valence-electron chi connectivity index (χ4n) is 1.91. The first-order chi connectivity index (χ1) is 9.05. The maximum Gasteiger partial charge on any atom is 0.263 e. The van der Waals surface area contributed by atoms with Gasteiger partial charge in [0.15, 0.2) is 5.82 Å². The van der Waals surface area contributed by atoms with Crippen LogP contribution in [-0.2, 0) is 10.0 Å². The van der Waals surface area contributed by atoms with Gasteiger partial charge in [0.25, 0.3) is 10.0 Å². The second kappa shape index (κ2) is 5.61. The van der Waals surface area contributed by atoms with E-state index in [-0.39, 0.29) is 19.6 Å². The van der Waals surface area contributed by atoms with Gasteiger partial charge in [0, 0.05) is 32.4 Å². The van der Waals surface area contributed by atoms with Crippen LogP contribution in [0.15, 0.2) is 23.4 Å². The van der Waals surface area contributed by atoms with Crippen LogP contribution < -0.4 is 0 Å². The average molecular weight is 284 g/mol. The number of nitrogens with zero attached hydrogens (tertiary/aromatic N) is 4. The van der Waals surface area contributed by atoms with Crippen LogP contribution in [0.1, 0.15) is 0 Å². The molecule has 1 aromatic rings. The van der Waals surface area contributed by atoms with E-state index in [2.05, 4.69) is 4.98 Å². The van der Waals surface area contributed by atoms with Crippen molar-refractivity contribution in [3.05, 3.63) is 24.1 Å². The molecule has 2 rings (SSSR count). The van der Waals surface area contributed by atoms with Gasteiger partial charge < -0.3 is 0 Å². The predicted molar refractivity (Wildman–Crippen MR) is 65.0 cm³/mol. The molecule has 102 valence electrons. The van der Waals surface area contributed by atoms with E-state index in [1.54, 1.807) is 0 Å². The largest absolute Gasteiger partial charge is 0.288 e. The molecule has 1 fully saturated rings. The van der Waals surface area contributed by atoms with Crippen LogP contribution in [0.2, 0.25) is 0 Å². The maximum absolute atomic E-state index is 13.5. The fourth-order valence-corrected chi connectivity index (χ4v) is 3.31. The molecule has 1 aliphatic heterocycles. The van der Waals surface area contributed by atoms with Crippen molar-refractivity contribution < 1.29 is 12.8 Å². The number of piperazine rings is 1. The highest BCUT2D eigenvalue weighted by Gasteiger charge is 2.31. The molecule has 1 saturated heterocycles. The minimum atomic E-state index is -3.89. The van der Waals surface area contributed by atoms with Gasteiger partial charge in [-0.3, -0.25) is 4.90 Å². The third kappa shape index (κ3) is 2.89. The molecule has 0 radical (unpaired) electrons. The number of aromatic nitrogens is 1. The van der Waals surface area contributed by atoms with Crippen LogP contribution in [0.5, 0.6) is 0 Å². The molecule has 8 heteroatoms. The Hall–Kier alpha value is -1.56. The monoisotopic (exact) mass is 284 g/mol. The molecule has 0 bridgehead atoms. The molecule has 0 atom stereocenters. The van der Waals surface area contributed by atoms with Gasteiger partial charge in [-0.1, -0.05) is 0 Å². The molecule has 0 aromatic carbocycles. The zero-order chi connectivity index (χ0) is 13.9. The lowest BCUT2D eigenvalue weighted by atomic mass is 10.4. The number of nitriles is 1. The third-order valence-electron chi connectivity index (χ3n) is 2.93. The quantitative estimate of drug-likeness (QED) is 0.733. The van der Waals surface area contributed by atoms with Crippen molar-refractivity contribution in [1.82, 2.24) is 14.2 Å². The highest BCUT2D eigenvalue weighted by Crippen LogP contribution is 2.17. The molecule has 0 saturated carbocycles. The van der Waals surface area contributed by atoms with Crippen molar-refractivity contribution in [2.45, 2.75) is 5.03 Å². The lowest BCUT2D eigenvalue weighted by Gasteiger charge is -2.32. The summed E-state index contributed by atoms with van der Waals surface area (Å²) in [5.74, 6) is -0.845. The van der Waals surface area contributed by atoms with Gasteiger partial charge in [0.1, 0.15) is 0 Å². The Labute approximate surface area is 111 Å². The molecule has 0 spiro atoms. The maximum atomic E-state index is 13.5. The summed E-state index contributed by atoms with van der Waals surface area (Å²) in [6, 6.07) is 4.44. The topological polar surface area (TPSA) is 77.3 Å². The first kappa shape index (κ1) is 13.9. The van der Waals surface area contributed by atoms with E-state index in [1.165, 1.54) is 16.6 Å². The number of sulfonamides is 1. The molecule has 19 heavy (non-hydrogen) atoms. The standard InChI is InChI=1S/C11H13FN4O2S/c12-10-2-1-4-14-11(10)19(17,18)16-8-6-15(5-3-13)7-9-16/h1-2,4H,5-9H2. The molecule has 2 heterocycles. The molecule has 1 aromatic heterocycles. The van der Waals surface area contributed by atoms with E-state index in [0.29, 0.717) is 13.1 Å². The van der Waals surface area contributed by atoms with Crippen LogP contribution in [0.4, 0.5) is 4.39 Å². The summed E-state index contributed by atoms with van der Waals surface area (Å²) in [5, 5.41) is 8.04. The van der Waals surface area contributed by atoms with Crippen molar-refractivity contribution in [1.29, 1.82) is 5.26 Å². The summed E-state index contributed by atoms with van der Waals surface area (Å²) < 4.78 is 39.1. The summed E-state index contributed by atoms with van der Waals surface area (Å²) in [6.45, 7) is 1.66.